The van der Waals surface area contributed by atoms with Crippen molar-refractivity contribution in [3.63, 3.8) is 0 Å². The standard InChI is InChI=1S/C24H27FN4O2/c1-16-23(20-5-3-4-6-21(20)26-16)24(31)17(2)29-13-11-28(12-14-29)15-22(30)27-19-9-7-18(25)8-10-19/h3-10,17,26H,11-15H2,1-2H3,(H,27,30)/t17-/m1/s1. The third-order valence-corrected chi connectivity index (χ3v) is 5.97. The predicted octanol–water partition coefficient (Wildman–Crippen LogP) is 3.44. The highest BCUT2D eigenvalue weighted by Gasteiger charge is 2.29. The van der Waals surface area contributed by atoms with Crippen LogP contribution >= 0.6 is 0 Å². The molecule has 1 saturated heterocycles. The van der Waals surface area contributed by atoms with Crippen LogP contribution in [0, 0.1) is 12.7 Å². The Morgan fingerprint density at radius 3 is 2.45 bits per heavy atom. The number of para-hydroxylation sites is 1. The fraction of sp³-hybridized carbons (Fsp3) is 0.333. The zero-order valence-corrected chi connectivity index (χ0v) is 17.8. The van der Waals surface area contributed by atoms with Gasteiger partial charge in [-0.1, -0.05) is 18.2 Å². The van der Waals surface area contributed by atoms with Gasteiger partial charge in [0.2, 0.25) is 5.91 Å². The first kappa shape index (κ1) is 21.2. The van der Waals surface area contributed by atoms with Crippen molar-refractivity contribution >= 4 is 28.3 Å². The summed E-state index contributed by atoms with van der Waals surface area (Å²) < 4.78 is 13.0. The number of hydrogen-bond donors (Lipinski definition) is 2. The molecular weight excluding hydrogens is 395 g/mol. The molecule has 2 heterocycles. The smallest absolute Gasteiger partial charge is 0.238 e. The van der Waals surface area contributed by atoms with E-state index in [1.807, 2.05) is 38.1 Å². The Bertz CT molecular complexity index is 1080. The van der Waals surface area contributed by atoms with E-state index in [1.165, 1.54) is 12.1 Å². The number of amides is 1. The summed E-state index contributed by atoms with van der Waals surface area (Å²) in [6.07, 6.45) is 0. The van der Waals surface area contributed by atoms with Crippen LogP contribution in [0.25, 0.3) is 10.9 Å². The average Bonchev–Trinajstić information content (AvgIpc) is 3.10. The van der Waals surface area contributed by atoms with Crippen molar-refractivity contribution in [2.24, 2.45) is 0 Å². The van der Waals surface area contributed by atoms with Gasteiger partial charge in [0.25, 0.3) is 0 Å². The molecule has 1 aromatic heterocycles. The number of benzene rings is 2. The monoisotopic (exact) mass is 422 g/mol. The second kappa shape index (κ2) is 8.99. The molecule has 1 aliphatic heterocycles. The maximum atomic E-state index is 13.3. The lowest BCUT2D eigenvalue weighted by Gasteiger charge is -2.37. The van der Waals surface area contributed by atoms with Crippen LogP contribution < -0.4 is 5.32 Å². The number of carbonyl (C=O) groups is 2. The van der Waals surface area contributed by atoms with Gasteiger partial charge in [-0.3, -0.25) is 19.4 Å². The van der Waals surface area contributed by atoms with E-state index in [-0.39, 0.29) is 30.1 Å². The van der Waals surface area contributed by atoms with Crippen LogP contribution in [0.2, 0.25) is 0 Å². The molecule has 0 spiro atoms. The average molecular weight is 423 g/mol. The van der Waals surface area contributed by atoms with Crippen molar-refractivity contribution in [2.75, 3.05) is 38.0 Å². The first-order valence-electron chi connectivity index (χ1n) is 10.6. The van der Waals surface area contributed by atoms with E-state index >= 15 is 0 Å². The van der Waals surface area contributed by atoms with E-state index in [0.29, 0.717) is 18.8 Å². The Kier molecular flexibility index (Phi) is 6.15. The number of aryl methyl sites for hydroxylation is 1. The number of ketones is 1. The quantitative estimate of drug-likeness (QED) is 0.597. The summed E-state index contributed by atoms with van der Waals surface area (Å²) in [6, 6.07) is 13.4. The Morgan fingerprint density at radius 2 is 1.74 bits per heavy atom. The van der Waals surface area contributed by atoms with Gasteiger partial charge in [-0.15, -0.1) is 0 Å². The molecule has 3 aromatic rings. The largest absolute Gasteiger partial charge is 0.358 e. The van der Waals surface area contributed by atoms with E-state index in [9.17, 15) is 14.0 Å². The van der Waals surface area contributed by atoms with Crippen LogP contribution in [0.15, 0.2) is 48.5 Å². The lowest BCUT2D eigenvalue weighted by Crippen LogP contribution is -2.53. The normalized spacial score (nSPS) is 16.4. The van der Waals surface area contributed by atoms with Gasteiger partial charge in [0, 0.05) is 54.0 Å². The van der Waals surface area contributed by atoms with Gasteiger partial charge in [-0.05, 0) is 44.2 Å². The third-order valence-electron chi connectivity index (χ3n) is 5.97. The van der Waals surface area contributed by atoms with Crippen LogP contribution in [0.1, 0.15) is 23.0 Å². The number of H-pyrrole nitrogens is 1. The highest BCUT2D eigenvalue weighted by atomic mass is 19.1. The zero-order valence-electron chi connectivity index (χ0n) is 17.8. The first-order chi connectivity index (χ1) is 14.9. The molecule has 0 aliphatic carbocycles. The minimum absolute atomic E-state index is 0.123. The van der Waals surface area contributed by atoms with Gasteiger partial charge in [-0.25, -0.2) is 4.39 Å². The van der Waals surface area contributed by atoms with Gasteiger partial charge < -0.3 is 10.3 Å². The topological polar surface area (TPSA) is 68.4 Å². The minimum atomic E-state index is -0.333. The molecule has 1 aliphatic rings. The molecule has 6 nitrogen and oxygen atoms in total. The summed E-state index contributed by atoms with van der Waals surface area (Å²) in [6.45, 7) is 7.03. The van der Waals surface area contributed by atoms with Crippen molar-refractivity contribution in [3.05, 3.63) is 65.6 Å². The summed E-state index contributed by atoms with van der Waals surface area (Å²) >= 11 is 0. The van der Waals surface area contributed by atoms with Crippen LogP contribution in [-0.4, -0.2) is 65.2 Å². The number of nitrogens with zero attached hydrogens (tertiary/aromatic N) is 2. The van der Waals surface area contributed by atoms with Crippen LogP contribution in [0.3, 0.4) is 0 Å². The molecule has 1 fully saturated rings. The second-order valence-corrected chi connectivity index (χ2v) is 8.08. The lowest BCUT2D eigenvalue weighted by molar-refractivity contribution is -0.117. The molecule has 4 rings (SSSR count). The van der Waals surface area contributed by atoms with Crippen molar-refractivity contribution in [1.29, 1.82) is 0 Å². The molecule has 2 aromatic carbocycles. The number of aromatic amines is 1. The Balaban J connectivity index is 1.32. The maximum Gasteiger partial charge on any atom is 0.238 e. The third kappa shape index (κ3) is 4.68. The van der Waals surface area contributed by atoms with E-state index in [4.69, 9.17) is 0 Å². The highest BCUT2D eigenvalue weighted by Crippen LogP contribution is 2.24. The number of Topliss-reactive ketones (excluding diaryl/α,β-unsaturated/α-hetero) is 1. The molecule has 31 heavy (non-hydrogen) atoms. The molecule has 0 radical (unpaired) electrons. The van der Waals surface area contributed by atoms with E-state index in [0.717, 1.165) is 35.2 Å². The Morgan fingerprint density at radius 1 is 1.06 bits per heavy atom. The van der Waals surface area contributed by atoms with Crippen LogP contribution in [0.4, 0.5) is 10.1 Å². The number of carbonyl (C=O) groups excluding carboxylic acids is 2. The summed E-state index contributed by atoms with van der Waals surface area (Å²) in [5.41, 5.74) is 3.23. The van der Waals surface area contributed by atoms with Crippen LogP contribution in [-0.2, 0) is 4.79 Å². The predicted molar refractivity (Wildman–Crippen MR) is 120 cm³/mol. The van der Waals surface area contributed by atoms with E-state index in [1.54, 1.807) is 12.1 Å². The van der Waals surface area contributed by atoms with Gasteiger partial charge in [0.15, 0.2) is 5.78 Å². The number of anilines is 1. The fourth-order valence-corrected chi connectivity index (χ4v) is 4.21. The Labute approximate surface area is 181 Å². The number of halogens is 1. The van der Waals surface area contributed by atoms with Gasteiger partial charge >= 0.3 is 0 Å². The fourth-order valence-electron chi connectivity index (χ4n) is 4.21. The van der Waals surface area contributed by atoms with Crippen molar-refractivity contribution in [1.82, 2.24) is 14.8 Å². The zero-order chi connectivity index (χ0) is 22.0. The number of fused-ring (bicyclic) bond motifs is 1. The molecule has 7 heteroatoms. The number of rotatable bonds is 6. The first-order valence-corrected chi connectivity index (χ1v) is 10.6. The highest BCUT2D eigenvalue weighted by molar-refractivity contribution is 6.11. The van der Waals surface area contributed by atoms with E-state index in [2.05, 4.69) is 20.1 Å². The maximum absolute atomic E-state index is 13.3. The number of hydrogen-bond acceptors (Lipinski definition) is 4. The minimum Gasteiger partial charge on any atom is -0.358 e. The van der Waals surface area contributed by atoms with Gasteiger partial charge in [-0.2, -0.15) is 0 Å². The summed E-state index contributed by atoms with van der Waals surface area (Å²) in [4.78, 5) is 33.1. The van der Waals surface area contributed by atoms with Gasteiger partial charge in [0.05, 0.1) is 12.6 Å². The molecule has 0 saturated carbocycles. The van der Waals surface area contributed by atoms with Crippen molar-refractivity contribution < 1.29 is 14.0 Å². The molecule has 0 bridgehead atoms. The van der Waals surface area contributed by atoms with Crippen LogP contribution in [0.5, 0.6) is 0 Å². The summed E-state index contributed by atoms with van der Waals surface area (Å²) in [7, 11) is 0. The number of nitrogens with one attached hydrogen (secondary N) is 2. The number of aromatic nitrogens is 1. The van der Waals surface area contributed by atoms with Crippen molar-refractivity contribution in [3.8, 4) is 0 Å². The van der Waals surface area contributed by atoms with E-state index < -0.39 is 0 Å². The summed E-state index contributed by atoms with van der Waals surface area (Å²) in [5, 5.41) is 3.76. The van der Waals surface area contributed by atoms with Gasteiger partial charge in [0.1, 0.15) is 5.82 Å². The SMILES string of the molecule is Cc1[nH]c2ccccc2c1C(=O)[C@@H](C)N1CCN(CC(=O)Nc2ccc(F)cc2)CC1. The molecular formula is C24H27FN4O2. The Hall–Kier alpha value is -3.03. The molecule has 2 N–H and O–H groups in total. The number of piperazine rings is 1. The second-order valence-electron chi connectivity index (χ2n) is 8.08. The molecule has 1 amide bonds. The van der Waals surface area contributed by atoms with Crippen molar-refractivity contribution in [2.45, 2.75) is 19.9 Å². The summed E-state index contributed by atoms with van der Waals surface area (Å²) in [5.74, 6) is -0.336. The molecule has 162 valence electrons. The lowest BCUT2D eigenvalue weighted by atomic mass is 10.0. The molecule has 0 unspecified atom stereocenters. The molecule has 1 atom stereocenters.